The summed E-state index contributed by atoms with van der Waals surface area (Å²) in [5.41, 5.74) is 1.94. The molecule has 0 aliphatic carbocycles. The maximum absolute atomic E-state index is 12.3. The zero-order chi connectivity index (χ0) is 14.9. The summed E-state index contributed by atoms with van der Waals surface area (Å²) in [5.74, 6) is 0. The van der Waals surface area contributed by atoms with Gasteiger partial charge in [-0.3, -0.25) is 0 Å². The molecule has 1 atom stereocenters. The topological polar surface area (TPSA) is 29.5 Å². The third kappa shape index (κ3) is 3.54. The van der Waals surface area contributed by atoms with Gasteiger partial charge in [-0.2, -0.15) is 0 Å². The third-order valence-corrected chi connectivity index (χ3v) is 4.34. The van der Waals surface area contributed by atoms with Crippen molar-refractivity contribution in [2.75, 3.05) is 6.54 Å². The summed E-state index contributed by atoms with van der Waals surface area (Å²) < 4.78 is 6.61. The SMILES string of the molecule is Cc1cc([C@H]2CCCN2C(=O)OC(C)(C)C)ccc1Br. The zero-order valence-corrected chi connectivity index (χ0v) is 14.2. The standard InChI is InChI=1S/C16H22BrNO2/c1-11-10-12(7-8-13(11)17)14-6-5-9-18(14)15(19)20-16(2,3)4/h7-8,10,14H,5-6,9H2,1-4H3/t14-/m1/s1. The average molecular weight is 340 g/mol. The van der Waals surface area contributed by atoms with E-state index in [-0.39, 0.29) is 12.1 Å². The highest BCUT2D eigenvalue weighted by molar-refractivity contribution is 9.10. The lowest BCUT2D eigenvalue weighted by Crippen LogP contribution is -2.36. The van der Waals surface area contributed by atoms with E-state index in [1.165, 1.54) is 11.1 Å². The molecule has 0 aromatic heterocycles. The van der Waals surface area contributed by atoms with Crippen molar-refractivity contribution < 1.29 is 9.53 Å². The Labute approximate surface area is 129 Å². The molecule has 4 heteroatoms. The lowest BCUT2D eigenvalue weighted by molar-refractivity contribution is 0.0224. The first kappa shape index (κ1) is 15.4. The van der Waals surface area contributed by atoms with Crippen LogP contribution in [-0.2, 0) is 4.74 Å². The van der Waals surface area contributed by atoms with Crippen molar-refractivity contribution in [3.05, 3.63) is 33.8 Å². The summed E-state index contributed by atoms with van der Waals surface area (Å²) in [6, 6.07) is 6.43. The molecule has 1 heterocycles. The van der Waals surface area contributed by atoms with Crippen molar-refractivity contribution >= 4 is 22.0 Å². The number of benzene rings is 1. The van der Waals surface area contributed by atoms with Gasteiger partial charge >= 0.3 is 6.09 Å². The number of ether oxygens (including phenoxy) is 1. The summed E-state index contributed by atoms with van der Waals surface area (Å²) in [4.78, 5) is 14.1. The van der Waals surface area contributed by atoms with Gasteiger partial charge in [0.2, 0.25) is 0 Å². The van der Waals surface area contributed by atoms with Crippen molar-refractivity contribution in [3.63, 3.8) is 0 Å². The van der Waals surface area contributed by atoms with E-state index < -0.39 is 5.60 Å². The number of amides is 1. The molecule has 0 bridgehead atoms. The van der Waals surface area contributed by atoms with Gasteiger partial charge in [0.25, 0.3) is 0 Å². The van der Waals surface area contributed by atoms with E-state index in [2.05, 4.69) is 41.1 Å². The Bertz CT molecular complexity index is 508. The number of nitrogens with zero attached hydrogens (tertiary/aromatic N) is 1. The van der Waals surface area contributed by atoms with Crippen LogP contribution in [0, 0.1) is 6.92 Å². The number of carbonyl (C=O) groups is 1. The molecule has 1 aromatic carbocycles. The molecular weight excluding hydrogens is 318 g/mol. The van der Waals surface area contributed by atoms with Gasteiger partial charge in [-0.05, 0) is 57.7 Å². The van der Waals surface area contributed by atoms with Crippen LogP contribution in [0.1, 0.15) is 50.8 Å². The molecule has 1 aliphatic heterocycles. The number of likely N-dealkylation sites (tertiary alicyclic amines) is 1. The third-order valence-electron chi connectivity index (χ3n) is 3.45. The van der Waals surface area contributed by atoms with Crippen molar-refractivity contribution in [1.29, 1.82) is 0 Å². The molecule has 20 heavy (non-hydrogen) atoms. The maximum Gasteiger partial charge on any atom is 0.410 e. The Morgan fingerprint density at radius 3 is 2.70 bits per heavy atom. The van der Waals surface area contributed by atoms with Crippen LogP contribution in [0.5, 0.6) is 0 Å². The second-order valence-electron chi connectivity index (χ2n) is 6.34. The molecule has 1 aliphatic rings. The molecule has 0 N–H and O–H groups in total. The van der Waals surface area contributed by atoms with Crippen LogP contribution in [0.15, 0.2) is 22.7 Å². The van der Waals surface area contributed by atoms with E-state index in [1.54, 1.807) is 0 Å². The Hall–Kier alpha value is -1.03. The molecule has 2 rings (SSSR count). The molecule has 0 radical (unpaired) electrons. The number of aryl methyl sites for hydroxylation is 1. The minimum atomic E-state index is -0.445. The Morgan fingerprint density at radius 2 is 2.10 bits per heavy atom. The molecule has 0 spiro atoms. The van der Waals surface area contributed by atoms with Gasteiger partial charge in [-0.15, -0.1) is 0 Å². The lowest BCUT2D eigenvalue weighted by Gasteiger charge is -2.29. The van der Waals surface area contributed by atoms with Gasteiger partial charge in [0.1, 0.15) is 5.60 Å². The highest BCUT2D eigenvalue weighted by Gasteiger charge is 2.33. The predicted molar refractivity (Wildman–Crippen MR) is 83.8 cm³/mol. The normalized spacial score (nSPS) is 19.2. The van der Waals surface area contributed by atoms with Crippen LogP contribution in [-0.4, -0.2) is 23.1 Å². The van der Waals surface area contributed by atoms with Gasteiger partial charge in [0, 0.05) is 11.0 Å². The largest absolute Gasteiger partial charge is 0.444 e. The average Bonchev–Trinajstić information content (AvgIpc) is 2.79. The fraction of sp³-hybridized carbons (Fsp3) is 0.562. The Balaban J connectivity index is 2.18. The van der Waals surface area contributed by atoms with Gasteiger partial charge in [0.05, 0.1) is 6.04 Å². The smallest absolute Gasteiger partial charge is 0.410 e. The van der Waals surface area contributed by atoms with Crippen molar-refractivity contribution in [2.24, 2.45) is 0 Å². The van der Waals surface area contributed by atoms with E-state index in [0.717, 1.165) is 23.9 Å². The number of rotatable bonds is 1. The molecule has 0 saturated carbocycles. The van der Waals surface area contributed by atoms with Gasteiger partial charge in [-0.25, -0.2) is 4.79 Å². The second kappa shape index (κ2) is 5.76. The number of hydrogen-bond donors (Lipinski definition) is 0. The van der Waals surface area contributed by atoms with Gasteiger partial charge in [0.15, 0.2) is 0 Å². The van der Waals surface area contributed by atoms with E-state index in [9.17, 15) is 4.79 Å². The summed E-state index contributed by atoms with van der Waals surface area (Å²) in [6.45, 7) is 8.55. The summed E-state index contributed by atoms with van der Waals surface area (Å²) in [5, 5.41) is 0. The molecule has 110 valence electrons. The van der Waals surface area contributed by atoms with E-state index in [1.807, 2.05) is 25.7 Å². The van der Waals surface area contributed by atoms with Crippen LogP contribution in [0.2, 0.25) is 0 Å². The van der Waals surface area contributed by atoms with Gasteiger partial charge < -0.3 is 9.64 Å². The van der Waals surface area contributed by atoms with Crippen LogP contribution in [0.3, 0.4) is 0 Å². The second-order valence-corrected chi connectivity index (χ2v) is 7.19. The molecule has 0 unspecified atom stereocenters. The summed E-state index contributed by atoms with van der Waals surface area (Å²) in [7, 11) is 0. The number of carbonyl (C=O) groups excluding carboxylic acids is 1. The van der Waals surface area contributed by atoms with E-state index >= 15 is 0 Å². The first-order valence-corrected chi connectivity index (χ1v) is 7.83. The van der Waals surface area contributed by atoms with E-state index in [0.29, 0.717) is 0 Å². The van der Waals surface area contributed by atoms with Crippen LogP contribution in [0.25, 0.3) is 0 Å². The first-order chi connectivity index (χ1) is 9.28. The minimum absolute atomic E-state index is 0.136. The molecule has 1 saturated heterocycles. The van der Waals surface area contributed by atoms with Crippen molar-refractivity contribution in [2.45, 2.75) is 52.2 Å². The fourth-order valence-corrected chi connectivity index (χ4v) is 2.77. The van der Waals surface area contributed by atoms with E-state index in [4.69, 9.17) is 4.74 Å². The zero-order valence-electron chi connectivity index (χ0n) is 12.6. The maximum atomic E-state index is 12.3. The Morgan fingerprint density at radius 1 is 1.40 bits per heavy atom. The summed E-state index contributed by atoms with van der Waals surface area (Å²) >= 11 is 3.52. The Kier molecular flexibility index (Phi) is 4.43. The first-order valence-electron chi connectivity index (χ1n) is 7.03. The van der Waals surface area contributed by atoms with Crippen molar-refractivity contribution in [1.82, 2.24) is 4.90 Å². The highest BCUT2D eigenvalue weighted by Crippen LogP contribution is 2.34. The summed E-state index contributed by atoms with van der Waals surface area (Å²) in [6.07, 6.45) is 1.82. The molecule has 1 fully saturated rings. The van der Waals surface area contributed by atoms with Crippen LogP contribution < -0.4 is 0 Å². The van der Waals surface area contributed by atoms with Crippen LogP contribution in [0.4, 0.5) is 4.79 Å². The fourth-order valence-electron chi connectivity index (χ4n) is 2.53. The van der Waals surface area contributed by atoms with Gasteiger partial charge in [-0.1, -0.05) is 28.1 Å². The molecule has 1 aromatic rings. The number of hydrogen-bond acceptors (Lipinski definition) is 2. The lowest BCUT2D eigenvalue weighted by atomic mass is 10.0. The predicted octanol–water partition coefficient (Wildman–Crippen LogP) is 4.83. The quantitative estimate of drug-likeness (QED) is 0.733. The molecule has 3 nitrogen and oxygen atoms in total. The number of halogens is 1. The molecule has 1 amide bonds. The van der Waals surface area contributed by atoms with Crippen LogP contribution >= 0.6 is 15.9 Å². The van der Waals surface area contributed by atoms with Crippen molar-refractivity contribution in [3.8, 4) is 0 Å². The minimum Gasteiger partial charge on any atom is -0.444 e. The highest BCUT2D eigenvalue weighted by atomic mass is 79.9. The molecular formula is C16H22BrNO2. The monoisotopic (exact) mass is 339 g/mol.